The molecule has 1 aromatic carbocycles. The first kappa shape index (κ1) is 20.5. The van der Waals surface area contributed by atoms with Crippen LogP contribution in [-0.4, -0.2) is 57.4 Å². The average molecular weight is 444 g/mol. The lowest BCUT2D eigenvalue weighted by Crippen LogP contribution is -2.36. The summed E-state index contributed by atoms with van der Waals surface area (Å²) in [5.74, 6) is 0.777. The van der Waals surface area contributed by atoms with E-state index < -0.39 is 9.84 Å². The molecule has 1 aliphatic rings. The van der Waals surface area contributed by atoms with E-state index in [0.29, 0.717) is 23.9 Å². The van der Waals surface area contributed by atoms with Crippen LogP contribution in [0.2, 0.25) is 0 Å². The summed E-state index contributed by atoms with van der Waals surface area (Å²) in [4.78, 5) is 16.4. The maximum absolute atomic E-state index is 12.3. The molecule has 1 atom stereocenters. The molecule has 3 heterocycles. The second-order valence-electron chi connectivity index (χ2n) is 7.07. The quantitative estimate of drug-likeness (QED) is 0.555. The van der Waals surface area contributed by atoms with Gasteiger partial charge < -0.3 is 5.32 Å². The van der Waals surface area contributed by atoms with Gasteiger partial charge in [0.15, 0.2) is 20.8 Å². The van der Waals surface area contributed by atoms with Crippen molar-refractivity contribution in [2.24, 2.45) is 0 Å². The van der Waals surface area contributed by atoms with Gasteiger partial charge >= 0.3 is 0 Å². The van der Waals surface area contributed by atoms with Crippen LogP contribution in [0.1, 0.15) is 12.0 Å². The molecular formula is C20H21N5O3S2. The van der Waals surface area contributed by atoms with Crippen LogP contribution in [0.3, 0.4) is 0 Å². The summed E-state index contributed by atoms with van der Waals surface area (Å²) in [6, 6.07) is 13.4. The zero-order chi connectivity index (χ0) is 21.0. The van der Waals surface area contributed by atoms with E-state index in [1.807, 2.05) is 47.0 Å². The number of hydrogen-bond acceptors (Lipinski definition) is 7. The fraction of sp³-hybridized carbons (Fsp3) is 0.300. The molecule has 1 amide bonds. The highest BCUT2D eigenvalue weighted by atomic mass is 32.2. The third-order valence-electron chi connectivity index (χ3n) is 4.77. The molecule has 0 bridgehead atoms. The number of carbonyl (C=O) groups is 1. The molecule has 0 aliphatic carbocycles. The van der Waals surface area contributed by atoms with Gasteiger partial charge in [-0.3, -0.25) is 14.3 Å². The number of nitrogens with zero attached hydrogens (tertiary/aromatic N) is 4. The van der Waals surface area contributed by atoms with Crippen molar-refractivity contribution in [3.8, 4) is 11.4 Å². The maximum atomic E-state index is 12.3. The van der Waals surface area contributed by atoms with Crippen molar-refractivity contribution in [1.29, 1.82) is 0 Å². The second kappa shape index (κ2) is 8.97. The van der Waals surface area contributed by atoms with E-state index in [1.54, 1.807) is 12.4 Å². The van der Waals surface area contributed by atoms with Crippen molar-refractivity contribution in [1.82, 2.24) is 25.1 Å². The first-order valence-electron chi connectivity index (χ1n) is 9.50. The molecule has 0 unspecified atom stereocenters. The first-order valence-corrected chi connectivity index (χ1v) is 12.3. The standard InChI is InChI=1S/C20H21N5O3S2/c26-18(22-17-8-11-30(27,28)14-17)13-29-20-24-23-19(16-6-9-21-10-7-16)25(20)12-15-4-2-1-3-5-15/h1-7,9-10,17H,8,11-14H2,(H,22,26)/t17-/m0/s1. The lowest BCUT2D eigenvalue weighted by Gasteiger charge is -2.12. The SMILES string of the molecule is O=C(CSc1nnc(-c2ccncc2)n1Cc1ccccc1)N[C@H]1CCS(=O)(=O)C1. The van der Waals surface area contributed by atoms with Gasteiger partial charge in [0.1, 0.15) is 0 Å². The van der Waals surface area contributed by atoms with Crippen LogP contribution in [0.25, 0.3) is 11.4 Å². The van der Waals surface area contributed by atoms with Crippen molar-refractivity contribution in [2.75, 3.05) is 17.3 Å². The topological polar surface area (TPSA) is 107 Å². The van der Waals surface area contributed by atoms with Crippen molar-refractivity contribution < 1.29 is 13.2 Å². The van der Waals surface area contributed by atoms with Gasteiger partial charge in [0, 0.05) is 24.0 Å². The normalized spacial score (nSPS) is 17.7. The Balaban J connectivity index is 1.49. The molecule has 4 rings (SSSR count). The number of thioether (sulfide) groups is 1. The highest BCUT2D eigenvalue weighted by molar-refractivity contribution is 7.99. The summed E-state index contributed by atoms with van der Waals surface area (Å²) in [6.45, 7) is 0.566. The predicted octanol–water partition coefficient (Wildman–Crippen LogP) is 1.78. The Kier molecular flexibility index (Phi) is 6.14. The van der Waals surface area contributed by atoms with Gasteiger partial charge in [-0.15, -0.1) is 10.2 Å². The lowest BCUT2D eigenvalue weighted by atomic mass is 10.2. The van der Waals surface area contributed by atoms with Gasteiger partial charge in [0.05, 0.1) is 23.8 Å². The molecule has 1 aliphatic heterocycles. The zero-order valence-corrected chi connectivity index (χ0v) is 17.8. The maximum Gasteiger partial charge on any atom is 0.230 e. The van der Waals surface area contributed by atoms with E-state index in [1.165, 1.54) is 11.8 Å². The smallest absolute Gasteiger partial charge is 0.230 e. The molecule has 30 heavy (non-hydrogen) atoms. The molecule has 10 heteroatoms. The summed E-state index contributed by atoms with van der Waals surface area (Å²) in [7, 11) is -3.03. The van der Waals surface area contributed by atoms with Crippen molar-refractivity contribution in [3.63, 3.8) is 0 Å². The highest BCUT2D eigenvalue weighted by Gasteiger charge is 2.29. The van der Waals surface area contributed by atoms with Crippen molar-refractivity contribution in [2.45, 2.75) is 24.2 Å². The van der Waals surface area contributed by atoms with Gasteiger partial charge in [-0.1, -0.05) is 42.1 Å². The van der Waals surface area contributed by atoms with Crippen LogP contribution in [-0.2, 0) is 21.2 Å². The molecule has 8 nitrogen and oxygen atoms in total. The molecule has 0 spiro atoms. The van der Waals surface area contributed by atoms with Crippen LogP contribution in [0.4, 0.5) is 0 Å². The van der Waals surface area contributed by atoms with Crippen molar-refractivity contribution in [3.05, 3.63) is 60.4 Å². The molecule has 3 aromatic rings. The Bertz CT molecular complexity index is 1120. The Hall–Kier alpha value is -2.72. The summed E-state index contributed by atoms with van der Waals surface area (Å²) in [5.41, 5.74) is 1.98. The highest BCUT2D eigenvalue weighted by Crippen LogP contribution is 2.25. The monoisotopic (exact) mass is 443 g/mol. The summed E-state index contributed by atoms with van der Waals surface area (Å²) < 4.78 is 25.1. The molecule has 0 saturated carbocycles. The minimum Gasteiger partial charge on any atom is -0.352 e. The molecular weight excluding hydrogens is 422 g/mol. The molecule has 1 saturated heterocycles. The van der Waals surface area contributed by atoms with Gasteiger partial charge in [0.25, 0.3) is 0 Å². The predicted molar refractivity (Wildman–Crippen MR) is 115 cm³/mol. The number of carbonyl (C=O) groups excluding carboxylic acids is 1. The lowest BCUT2D eigenvalue weighted by molar-refractivity contribution is -0.119. The van der Waals surface area contributed by atoms with E-state index in [4.69, 9.17) is 0 Å². The second-order valence-corrected chi connectivity index (χ2v) is 10.2. The molecule has 2 aromatic heterocycles. The Morgan fingerprint density at radius 1 is 1.13 bits per heavy atom. The fourth-order valence-corrected chi connectivity index (χ4v) is 5.75. The zero-order valence-electron chi connectivity index (χ0n) is 16.1. The number of amides is 1. The summed E-state index contributed by atoms with van der Waals surface area (Å²) >= 11 is 1.29. The van der Waals surface area contributed by atoms with E-state index in [9.17, 15) is 13.2 Å². The Morgan fingerprint density at radius 3 is 2.60 bits per heavy atom. The van der Waals surface area contributed by atoms with Crippen LogP contribution >= 0.6 is 11.8 Å². The minimum absolute atomic E-state index is 0.0137. The van der Waals surface area contributed by atoms with Crippen LogP contribution in [0.5, 0.6) is 0 Å². The average Bonchev–Trinajstić information content (AvgIpc) is 3.30. The molecule has 0 radical (unpaired) electrons. The third kappa shape index (κ3) is 5.06. The Labute approximate surface area is 179 Å². The van der Waals surface area contributed by atoms with E-state index in [2.05, 4.69) is 20.5 Å². The molecule has 1 fully saturated rings. The first-order chi connectivity index (χ1) is 14.5. The number of sulfone groups is 1. The largest absolute Gasteiger partial charge is 0.352 e. The fourth-order valence-electron chi connectivity index (χ4n) is 3.33. The van der Waals surface area contributed by atoms with E-state index in [-0.39, 0.29) is 29.2 Å². The van der Waals surface area contributed by atoms with Gasteiger partial charge in [-0.2, -0.15) is 0 Å². The van der Waals surface area contributed by atoms with E-state index >= 15 is 0 Å². The Morgan fingerprint density at radius 2 is 1.90 bits per heavy atom. The number of rotatable bonds is 7. The number of nitrogens with one attached hydrogen (secondary N) is 1. The third-order valence-corrected chi connectivity index (χ3v) is 7.50. The van der Waals surface area contributed by atoms with Gasteiger partial charge in [-0.25, -0.2) is 8.42 Å². The van der Waals surface area contributed by atoms with Crippen molar-refractivity contribution >= 4 is 27.5 Å². The van der Waals surface area contributed by atoms with Gasteiger partial charge in [-0.05, 0) is 24.1 Å². The molecule has 1 N–H and O–H groups in total. The van der Waals surface area contributed by atoms with Crippen LogP contribution in [0.15, 0.2) is 60.0 Å². The minimum atomic E-state index is -3.03. The number of aromatic nitrogens is 4. The number of hydrogen-bond donors (Lipinski definition) is 1. The van der Waals surface area contributed by atoms with E-state index in [0.717, 1.165) is 11.1 Å². The summed E-state index contributed by atoms with van der Waals surface area (Å²) in [6.07, 6.45) is 3.87. The summed E-state index contributed by atoms with van der Waals surface area (Å²) in [5, 5.41) is 12.1. The van der Waals surface area contributed by atoms with Gasteiger partial charge in [0.2, 0.25) is 5.91 Å². The number of pyridine rings is 1. The number of benzene rings is 1. The van der Waals surface area contributed by atoms with Crippen LogP contribution < -0.4 is 5.32 Å². The molecule has 156 valence electrons. The van der Waals surface area contributed by atoms with Crippen LogP contribution in [0, 0.1) is 0 Å².